The van der Waals surface area contributed by atoms with Gasteiger partial charge < -0.3 is 10.1 Å². The van der Waals surface area contributed by atoms with Gasteiger partial charge in [0, 0.05) is 6.54 Å². The fraction of sp³-hybridized carbons (Fsp3) is 0.526. The molecule has 2 atom stereocenters. The highest BCUT2D eigenvalue weighted by Gasteiger charge is 2.29. The van der Waals surface area contributed by atoms with Gasteiger partial charge in [0.2, 0.25) is 10.0 Å². The quantitative estimate of drug-likeness (QED) is 0.563. The number of esters is 1. The summed E-state index contributed by atoms with van der Waals surface area (Å²) in [5, 5.41) is 4.39. The standard InChI is InChI=1S/C19H29N3O6S/c1-8-20-19(25)21-17(23)15(7)28-18(24)14(6)22-29(26,27)16-12(4)10(2)9-11(3)13(16)5/h9,14-15,22H,8H2,1-7H3,(H2,20,21,23,25)/t14-,15-/m1/s1. The molecule has 0 aliphatic carbocycles. The Hall–Kier alpha value is -2.46. The molecule has 0 bridgehead atoms. The van der Waals surface area contributed by atoms with E-state index < -0.39 is 40.1 Å². The molecule has 3 amide bonds. The molecule has 0 heterocycles. The minimum absolute atomic E-state index is 0.122. The Morgan fingerprint density at radius 2 is 1.55 bits per heavy atom. The summed E-state index contributed by atoms with van der Waals surface area (Å²) in [5.41, 5.74) is 2.82. The molecule has 1 aromatic rings. The number of hydrogen-bond acceptors (Lipinski definition) is 6. The van der Waals surface area contributed by atoms with Gasteiger partial charge in [0.1, 0.15) is 6.04 Å². The average Bonchev–Trinajstić information content (AvgIpc) is 2.59. The summed E-state index contributed by atoms with van der Waals surface area (Å²) >= 11 is 0. The molecule has 0 aromatic heterocycles. The van der Waals surface area contributed by atoms with Gasteiger partial charge in [-0.05, 0) is 70.7 Å². The second-order valence-electron chi connectivity index (χ2n) is 6.86. The first-order valence-electron chi connectivity index (χ1n) is 9.20. The van der Waals surface area contributed by atoms with Crippen LogP contribution in [0.1, 0.15) is 43.0 Å². The van der Waals surface area contributed by atoms with E-state index in [1.54, 1.807) is 20.8 Å². The largest absolute Gasteiger partial charge is 0.451 e. The summed E-state index contributed by atoms with van der Waals surface area (Å²) in [6.07, 6.45) is -1.28. The highest BCUT2D eigenvalue weighted by Crippen LogP contribution is 2.26. The number of imide groups is 1. The van der Waals surface area contributed by atoms with Crippen molar-refractivity contribution in [1.82, 2.24) is 15.4 Å². The van der Waals surface area contributed by atoms with Crippen LogP contribution in [0.5, 0.6) is 0 Å². The van der Waals surface area contributed by atoms with Crippen LogP contribution in [0.2, 0.25) is 0 Å². The number of rotatable bonds is 7. The number of carbonyl (C=O) groups is 3. The van der Waals surface area contributed by atoms with E-state index in [0.29, 0.717) is 17.7 Å². The number of nitrogens with one attached hydrogen (secondary N) is 3. The molecule has 0 aliphatic rings. The van der Waals surface area contributed by atoms with E-state index in [4.69, 9.17) is 4.74 Å². The molecule has 1 aromatic carbocycles. The molecule has 0 saturated carbocycles. The minimum atomic E-state index is -4.01. The molecule has 3 N–H and O–H groups in total. The molecule has 0 saturated heterocycles. The van der Waals surface area contributed by atoms with Crippen LogP contribution in [-0.2, 0) is 24.3 Å². The van der Waals surface area contributed by atoms with E-state index in [-0.39, 0.29) is 4.90 Å². The van der Waals surface area contributed by atoms with Gasteiger partial charge in [-0.2, -0.15) is 4.72 Å². The molecule has 1 rings (SSSR count). The first-order valence-corrected chi connectivity index (χ1v) is 10.7. The number of ether oxygens (including phenoxy) is 1. The molecule has 0 aliphatic heterocycles. The van der Waals surface area contributed by atoms with Crippen molar-refractivity contribution in [2.75, 3.05) is 6.54 Å². The van der Waals surface area contributed by atoms with E-state index in [1.807, 2.05) is 25.2 Å². The zero-order valence-corrected chi connectivity index (χ0v) is 18.6. The molecular weight excluding hydrogens is 398 g/mol. The van der Waals surface area contributed by atoms with Crippen molar-refractivity contribution >= 4 is 27.9 Å². The molecule has 0 fully saturated rings. The minimum Gasteiger partial charge on any atom is -0.451 e. The van der Waals surface area contributed by atoms with Gasteiger partial charge in [0.25, 0.3) is 5.91 Å². The highest BCUT2D eigenvalue weighted by molar-refractivity contribution is 7.89. The lowest BCUT2D eigenvalue weighted by Gasteiger charge is -2.20. The summed E-state index contributed by atoms with van der Waals surface area (Å²) in [5.74, 6) is -1.76. The van der Waals surface area contributed by atoms with Crippen LogP contribution >= 0.6 is 0 Å². The Bertz CT molecular complexity index is 885. The highest BCUT2D eigenvalue weighted by atomic mass is 32.2. The van der Waals surface area contributed by atoms with Gasteiger partial charge in [0.05, 0.1) is 4.90 Å². The molecule has 9 nitrogen and oxygen atoms in total. The second-order valence-corrected chi connectivity index (χ2v) is 8.51. The van der Waals surface area contributed by atoms with E-state index in [2.05, 4.69) is 10.0 Å². The van der Waals surface area contributed by atoms with Crippen LogP contribution in [0.15, 0.2) is 11.0 Å². The van der Waals surface area contributed by atoms with Crippen molar-refractivity contribution in [3.05, 3.63) is 28.3 Å². The summed E-state index contributed by atoms with van der Waals surface area (Å²) in [6.45, 7) is 11.6. The van der Waals surface area contributed by atoms with E-state index >= 15 is 0 Å². The van der Waals surface area contributed by atoms with Gasteiger partial charge in [-0.1, -0.05) is 6.07 Å². The lowest BCUT2D eigenvalue weighted by Crippen LogP contribution is -2.47. The number of sulfonamides is 1. The predicted octanol–water partition coefficient (Wildman–Crippen LogP) is 1.36. The van der Waals surface area contributed by atoms with Crippen molar-refractivity contribution in [3.63, 3.8) is 0 Å². The Kier molecular flexibility index (Phi) is 8.34. The van der Waals surface area contributed by atoms with Crippen molar-refractivity contribution in [2.24, 2.45) is 0 Å². The average molecular weight is 428 g/mol. The molecule has 29 heavy (non-hydrogen) atoms. The van der Waals surface area contributed by atoms with Crippen LogP contribution < -0.4 is 15.4 Å². The third-order valence-electron chi connectivity index (χ3n) is 4.49. The lowest BCUT2D eigenvalue weighted by molar-refractivity contribution is -0.155. The fourth-order valence-corrected chi connectivity index (χ4v) is 4.48. The van der Waals surface area contributed by atoms with Crippen molar-refractivity contribution in [2.45, 2.75) is 65.5 Å². The molecule has 10 heteroatoms. The Labute approximate surface area is 171 Å². The Morgan fingerprint density at radius 1 is 1.03 bits per heavy atom. The van der Waals surface area contributed by atoms with Crippen LogP contribution in [0.4, 0.5) is 4.79 Å². The van der Waals surface area contributed by atoms with Gasteiger partial charge in [-0.25, -0.2) is 13.2 Å². The van der Waals surface area contributed by atoms with Crippen molar-refractivity contribution in [3.8, 4) is 0 Å². The smallest absolute Gasteiger partial charge is 0.324 e. The van der Waals surface area contributed by atoms with Crippen molar-refractivity contribution in [1.29, 1.82) is 0 Å². The summed E-state index contributed by atoms with van der Waals surface area (Å²) in [6, 6.07) is -0.0506. The molecule has 0 unspecified atom stereocenters. The molecule has 0 spiro atoms. The van der Waals surface area contributed by atoms with Crippen LogP contribution in [0, 0.1) is 27.7 Å². The molecule has 0 radical (unpaired) electrons. The third-order valence-corrected chi connectivity index (χ3v) is 6.30. The number of benzene rings is 1. The lowest BCUT2D eigenvalue weighted by atomic mass is 10.0. The van der Waals surface area contributed by atoms with Gasteiger partial charge in [-0.3, -0.25) is 14.9 Å². The van der Waals surface area contributed by atoms with Gasteiger partial charge in [0.15, 0.2) is 6.10 Å². The van der Waals surface area contributed by atoms with Crippen LogP contribution in [0.25, 0.3) is 0 Å². The predicted molar refractivity (Wildman–Crippen MR) is 108 cm³/mol. The fourth-order valence-electron chi connectivity index (χ4n) is 2.67. The first-order chi connectivity index (χ1) is 13.3. The summed E-state index contributed by atoms with van der Waals surface area (Å²) in [7, 11) is -4.01. The monoisotopic (exact) mass is 427 g/mol. The Morgan fingerprint density at radius 3 is 2.03 bits per heavy atom. The SMILES string of the molecule is CCNC(=O)NC(=O)[C@@H](C)OC(=O)[C@@H](C)NS(=O)(=O)c1c(C)c(C)cc(C)c1C. The maximum atomic E-state index is 12.9. The number of urea groups is 1. The molecule has 162 valence electrons. The van der Waals surface area contributed by atoms with Crippen molar-refractivity contribution < 1.29 is 27.5 Å². The summed E-state index contributed by atoms with van der Waals surface area (Å²) in [4.78, 5) is 35.6. The Balaban J connectivity index is 2.90. The van der Waals surface area contributed by atoms with Gasteiger partial charge in [-0.15, -0.1) is 0 Å². The topological polar surface area (TPSA) is 131 Å². The normalized spacial score (nSPS) is 13.3. The maximum absolute atomic E-state index is 12.9. The van der Waals surface area contributed by atoms with Crippen LogP contribution in [-0.4, -0.2) is 45.0 Å². The molecular formula is C19H29N3O6S. The number of amides is 3. The second kappa shape index (κ2) is 9.84. The van der Waals surface area contributed by atoms with E-state index in [9.17, 15) is 22.8 Å². The van der Waals surface area contributed by atoms with E-state index in [1.165, 1.54) is 13.8 Å². The zero-order chi connectivity index (χ0) is 22.5. The number of aryl methyl sites for hydroxylation is 2. The van der Waals surface area contributed by atoms with E-state index in [0.717, 1.165) is 11.1 Å². The van der Waals surface area contributed by atoms with Gasteiger partial charge >= 0.3 is 12.0 Å². The maximum Gasteiger partial charge on any atom is 0.324 e. The third kappa shape index (κ3) is 6.26. The number of hydrogen-bond donors (Lipinski definition) is 3. The van der Waals surface area contributed by atoms with Crippen LogP contribution in [0.3, 0.4) is 0 Å². The first kappa shape index (κ1) is 24.6. The zero-order valence-electron chi connectivity index (χ0n) is 17.8. The number of carbonyl (C=O) groups excluding carboxylic acids is 3. The summed E-state index contributed by atoms with van der Waals surface area (Å²) < 4.78 is 33.0.